The van der Waals surface area contributed by atoms with Gasteiger partial charge < -0.3 is 21.9 Å². The zero-order chi connectivity index (χ0) is 11.6. The highest BCUT2D eigenvalue weighted by Gasteiger charge is 2.33. The van der Waals surface area contributed by atoms with E-state index in [2.05, 4.69) is 9.72 Å². The van der Waals surface area contributed by atoms with Crippen molar-refractivity contribution in [2.75, 3.05) is 11.5 Å². The Hall–Kier alpha value is -1.70. The van der Waals surface area contributed by atoms with Gasteiger partial charge in [0.05, 0.1) is 11.9 Å². The summed E-state index contributed by atoms with van der Waals surface area (Å²) >= 11 is 0. The molecule has 1 aromatic rings. The van der Waals surface area contributed by atoms with Crippen molar-refractivity contribution in [2.45, 2.75) is 12.9 Å². The molecule has 84 valence electrons. The van der Waals surface area contributed by atoms with Crippen LogP contribution in [0.2, 0.25) is 0 Å². The van der Waals surface area contributed by atoms with E-state index in [9.17, 15) is 13.2 Å². The van der Waals surface area contributed by atoms with Gasteiger partial charge in [-0.15, -0.1) is 13.2 Å². The third-order valence-electron chi connectivity index (χ3n) is 1.62. The Balaban J connectivity index is 3.20. The Morgan fingerprint density at radius 2 is 1.93 bits per heavy atom. The number of ether oxygens (including phenoxy) is 1. The summed E-state index contributed by atoms with van der Waals surface area (Å²) in [4.78, 5) is 3.44. The molecule has 0 saturated carbocycles. The molecular weight excluding hydrogens is 213 g/mol. The fourth-order valence-corrected chi connectivity index (χ4v) is 1.00. The van der Waals surface area contributed by atoms with Crippen molar-refractivity contribution in [2.24, 2.45) is 5.73 Å². The van der Waals surface area contributed by atoms with Crippen LogP contribution in [0.4, 0.5) is 24.7 Å². The highest BCUT2D eigenvalue weighted by atomic mass is 19.4. The molecular formula is C7H9F3N4O. The summed E-state index contributed by atoms with van der Waals surface area (Å²) in [6, 6.07) is 0. The van der Waals surface area contributed by atoms with Crippen molar-refractivity contribution >= 4 is 11.5 Å². The summed E-state index contributed by atoms with van der Waals surface area (Å²) in [6.45, 7) is -0.218. The summed E-state index contributed by atoms with van der Waals surface area (Å²) in [5.74, 6) is -1.04. The lowest BCUT2D eigenvalue weighted by molar-refractivity contribution is -0.274. The van der Waals surface area contributed by atoms with Gasteiger partial charge in [-0.1, -0.05) is 0 Å². The zero-order valence-corrected chi connectivity index (χ0v) is 7.51. The SMILES string of the molecule is NCc1c(N)cnc(N)c1OC(F)(F)F. The molecule has 6 N–H and O–H groups in total. The Labute approximate surface area is 83.0 Å². The van der Waals surface area contributed by atoms with E-state index in [1.807, 2.05) is 0 Å². The highest BCUT2D eigenvalue weighted by molar-refractivity contribution is 5.61. The molecule has 0 aliphatic carbocycles. The molecule has 1 rings (SSSR count). The first-order chi connectivity index (χ1) is 6.85. The predicted octanol–water partition coefficient (Wildman–Crippen LogP) is 0.603. The average Bonchev–Trinajstić information content (AvgIpc) is 2.10. The minimum atomic E-state index is -4.85. The molecule has 1 heterocycles. The fourth-order valence-electron chi connectivity index (χ4n) is 1.00. The van der Waals surface area contributed by atoms with Gasteiger partial charge in [0.1, 0.15) is 0 Å². The molecule has 0 saturated heterocycles. The van der Waals surface area contributed by atoms with Crippen molar-refractivity contribution in [3.63, 3.8) is 0 Å². The third-order valence-corrected chi connectivity index (χ3v) is 1.62. The summed E-state index contributed by atoms with van der Waals surface area (Å²) in [5.41, 5.74) is 15.8. The van der Waals surface area contributed by atoms with Crippen LogP contribution in [0.3, 0.4) is 0 Å². The molecule has 8 heteroatoms. The smallest absolute Gasteiger partial charge is 0.401 e. The Morgan fingerprint density at radius 1 is 1.33 bits per heavy atom. The highest BCUT2D eigenvalue weighted by Crippen LogP contribution is 2.33. The average molecular weight is 222 g/mol. The van der Waals surface area contributed by atoms with Gasteiger partial charge in [-0.25, -0.2) is 4.98 Å². The van der Waals surface area contributed by atoms with Crippen LogP contribution in [-0.4, -0.2) is 11.3 Å². The normalized spacial score (nSPS) is 11.5. The molecule has 0 aliphatic rings. The van der Waals surface area contributed by atoms with E-state index in [0.29, 0.717) is 0 Å². The summed E-state index contributed by atoms with van der Waals surface area (Å²) in [6.07, 6.45) is -3.73. The second kappa shape index (κ2) is 3.81. The number of hydrogen-bond acceptors (Lipinski definition) is 5. The number of aromatic nitrogens is 1. The standard InChI is InChI=1S/C7H9F3N4O/c8-7(9,10)15-5-3(1-11)4(12)2-14-6(5)13/h2H,1,11-12H2,(H2,13,14). The molecule has 0 unspecified atom stereocenters. The van der Waals surface area contributed by atoms with Crippen molar-refractivity contribution in [1.29, 1.82) is 0 Å². The molecule has 0 bridgehead atoms. The first-order valence-electron chi connectivity index (χ1n) is 3.83. The molecule has 0 radical (unpaired) electrons. The number of alkyl halides is 3. The Kier molecular flexibility index (Phi) is 2.89. The molecule has 0 amide bonds. The van der Waals surface area contributed by atoms with Crippen LogP contribution in [-0.2, 0) is 6.54 Å². The predicted molar refractivity (Wildman–Crippen MR) is 47.6 cm³/mol. The molecule has 5 nitrogen and oxygen atoms in total. The second-order valence-corrected chi connectivity index (χ2v) is 2.66. The maximum atomic E-state index is 12.0. The van der Waals surface area contributed by atoms with Gasteiger partial charge in [0.25, 0.3) is 0 Å². The zero-order valence-electron chi connectivity index (χ0n) is 7.51. The lowest BCUT2D eigenvalue weighted by atomic mass is 10.2. The minimum Gasteiger partial charge on any atom is -0.401 e. The first-order valence-corrected chi connectivity index (χ1v) is 3.83. The number of pyridine rings is 1. The van der Waals surface area contributed by atoms with Gasteiger partial charge in [-0.2, -0.15) is 0 Å². The van der Waals surface area contributed by atoms with Crippen LogP contribution in [0, 0.1) is 0 Å². The molecule has 0 aromatic carbocycles. The number of anilines is 2. The van der Waals surface area contributed by atoms with E-state index in [1.165, 1.54) is 0 Å². The molecule has 0 atom stereocenters. The number of nitrogen functional groups attached to an aromatic ring is 2. The number of nitrogens with two attached hydrogens (primary N) is 3. The van der Waals surface area contributed by atoms with Crippen LogP contribution in [0.15, 0.2) is 6.20 Å². The number of nitrogens with zero attached hydrogens (tertiary/aromatic N) is 1. The summed E-state index contributed by atoms with van der Waals surface area (Å²) in [7, 11) is 0. The summed E-state index contributed by atoms with van der Waals surface area (Å²) in [5, 5.41) is 0. The fraction of sp³-hybridized carbons (Fsp3) is 0.286. The maximum absolute atomic E-state index is 12.0. The van der Waals surface area contributed by atoms with Crippen molar-refractivity contribution in [1.82, 2.24) is 4.98 Å². The monoisotopic (exact) mass is 222 g/mol. The van der Waals surface area contributed by atoms with E-state index in [4.69, 9.17) is 17.2 Å². The quantitative estimate of drug-likeness (QED) is 0.680. The van der Waals surface area contributed by atoms with E-state index in [0.717, 1.165) is 6.20 Å². The maximum Gasteiger partial charge on any atom is 0.573 e. The summed E-state index contributed by atoms with van der Waals surface area (Å²) < 4.78 is 39.6. The van der Waals surface area contributed by atoms with Crippen LogP contribution in [0.25, 0.3) is 0 Å². The van der Waals surface area contributed by atoms with E-state index in [-0.39, 0.29) is 17.8 Å². The number of rotatable bonds is 2. The van der Waals surface area contributed by atoms with Crippen LogP contribution in [0.5, 0.6) is 5.75 Å². The Morgan fingerprint density at radius 3 is 2.40 bits per heavy atom. The van der Waals surface area contributed by atoms with Gasteiger partial charge in [0.15, 0.2) is 11.6 Å². The van der Waals surface area contributed by atoms with Gasteiger partial charge >= 0.3 is 6.36 Å². The molecule has 1 aromatic heterocycles. The van der Waals surface area contributed by atoms with Crippen molar-refractivity contribution < 1.29 is 17.9 Å². The second-order valence-electron chi connectivity index (χ2n) is 2.66. The van der Waals surface area contributed by atoms with E-state index >= 15 is 0 Å². The van der Waals surface area contributed by atoms with Crippen LogP contribution >= 0.6 is 0 Å². The topological polar surface area (TPSA) is 100 Å². The molecule has 15 heavy (non-hydrogen) atoms. The Bertz CT molecular complexity index is 366. The van der Waals surface area contributed by atoms with Crippen molar-refractivity contribution in [3.05, 3.63) is 11.8 Å². The van der Waals surface area contributed by atoms with Crippen LogP contribution in [0.1, 0.15) is 5.56 Å². The van der Waals surface area contributed by atoms with Gasteiger partial charge in [0, 0.05) is 12.1 Å². The lowest BCUT2D eigenvalue weighted by Gasteiger charge is -2.15. The molecule has 0 fully saturated rings. The first kappa shape index (κ1) is 11.4. The van der Waals surface area contributed by atoms with Crippen LogP contribution < -0.4 is 21.9 Å². The van der Waals surface area contributed by atoms with Gasteiger partial charge in [-0.3, -0.25) is 0 Å². The number of hydrogen-bond donors (Lipinski definition) is 3. The third kappa shape index (κ3) is 2.62. The molecule has 0 spiro atoms. The van der Waals surface area contributed by atoms with E-state index in [1.54, 1.807) is 0 Å². The molecule has 0 aliphatic heterocycles. The van der Waals surface area contributed by atoms with E-state index < -0.39 is 17.9 Å². The van der Waals surface area contributed by atoms with Gasteiger partial charge in [-0.05, 0) is 0 Å². The largest absolute Gasteiger partial charge is 0.573 e. The lowest BCUT2D eigenvalue weighted by Crippen LogP contribution is -2.20. The van der Waals surface area contributed by atoms with Crippen molar-refractivity contribution in [3.8, 4) is 5.75 Å². The number of halogens is 3. The minimum absolute atomic E-state index is 0.00551. The van der Waals surface area contributed by atoms with Gasteiger partial charge in [0.2, 0.25) is 0 Å².